The summed E-state index contributed by atoms with van der Waals surface area (Å²) in [6.07, 6.45) is -1.35. The summed E-state index contributed by atoms with van der Waals surface area (Å²) in [4.78, 5) is 15.2. The zero-order valence-electron chi connectivity index (χ0n) is 10.2. The Kier molecular flexibility index (Phi) is 3.12. The molecule has 0 aromatic carbocycles. The van der Waals surface area contributed by atoms with Crippen LogP contribution in [-0.2, 0) is 4.74 Å². The number of aromatic nitrogens is 2. The average Bonchev–Trinajstić information content (AvgIpc) is 2.52. The molecule has 7 heteroatoms. The van der Waals surface area contributed by atoms with Crippen molar-refractivity contribution >= 4 is 5.82 Å². The van der Waals surface area contributed by atoms with E-state index in [2.05, 4.69) is 4.98 Å². The highest BCUT2D eigenvalue weighted by molar-refractivity contribution is 5.23. The third kappa shape index (κ3) is 1.89. The highest BCUT2D eigenvalue weighted by atomic mass is 19.1. The Labute approximate surface area is 103 Å². The third-order valence-corrected chi connectivity index (χ3v) is 3.22. The normalized spacial score (nSPS) is 35.9. The number of halogens is 1. The largest absolute Gasteiger partial charge is 0.387 e. The fourth-order valence-electron chi connectivity index (χ4n) is 2.14. The van der Waals surface area contributed by atoms with E-state index in [4.69, 9.17) is 10.5 Å². The Balaban J connectivity index is 2.42. The number of aliphatic hydroxyl groups excluding tert-OH is 1. The quantitative estimate of drug-likeness (QED) is 0.791. The molecule has 0 saturated carbocycles. The Morgan fingerprint density at radius 3 is 2.89 bits per heavy atom. The molecular formula is C11H16FN3O3. The molecule has 0 spiro atoms. The van der Waals surface area contributed by atoms with Crippen LogP contribution in [0.2, 0.25) is 0 Å². The molecule has 1 aliphatic rings. The van der Waals surface area contributed by atoms with Gasteiger partial charge >= 0.3 is 5.69 Å². The van der Waals surface area contributed by atoms with Crippen molar-refractivity contribution in [2.75, 3.05) is 5.73 Å². The maximum atomic E-state index is 14.5. The highest BCUT2D eigenvalue weighted by Crippen LogP contribution is 2.41. The molecule has 1 aromatic heterocycles. The van der Waals surface area contributed by atoms with Gasteiger partial charge in [0.2, 0.25) is 0 Å². The van der Waals surface area contributed by atoms with Crippen molar-refractivity contribution in [3.05, 3.63) is 22.7 Å². The lowest BCUT2D eigenvalue weighted by molar-refractivity contribution is -0.0509. The van der Waals surface area contributed by atoms with E-state index < -0.39 is 29.8 Å². The molecule has 2 unspecified atom stereocenters. The fourth-order valence-corrected chi connectivity index (χ4v) is 2.14. The molecule has 2 rings (SSSR count). The second-order valence-corrected chi connectivity index (χ2v) is 4.57. The lowest BCUT2D eigenvalue weighted by atomic mass is 9.97. The summed E-state index contributed by atoms with van der Waals surface area (Å²) in [5, 5.41) is 9.83. The molecule has 1 aliphatic heterocycles. The van der Waals surface area contributed by atoms with Gasteiger partial charge in [0, 0.05) is 6.20 Å². The predicted molar refractivity (Wildman–Crippen MR) is 62.6 cm³/mol. The zero-order chi connectivity index (χ0) is 13.5. The number of nitrogens with two attached hydrogens (primary N) is 1. The van der Waals surface area contributed by atoms with Crippen molar-refractivity contribution in [2.45, 2.75) is 44.4 Å². The summed E-state index contributed by atoms with van der Waals surface area (Å²) in [7, 11) is 0. The van der Waals surface area contributed by atoms with Crippen molar-refractivity contribution < 1.29 is 14.2 Å². The van der Waals surface area contributed by atoms with Crippen LogP contribution in [-0.4, -0.2) is 32.5 Å². The van der Waals surface area contributed by atoms with Crippen molar-refractivity contribution in [3.63, 3.8) is 0 Å². The smallest absolute Gasteiger partial charge is 0.351 e. The van der Waals surface area contributed by atoms with E-state index in [1.165, 1.54) is 19.2 Å². The number of hydrogen-bond donors (Lipinski definition) is 2. The Bertz CT molecular complexity index is 503. The standard InChI is InChI=1S/C11H16FN3O3/c1-3-6-8(16)11(2,12)9(18-6)15-5-4-7(13)14-10(15)17/h4-6,8-9,16H,3H2,1-2H3,(H2,13,14,17)/t6-,8?,9-,11?/m1/s1. The molecule has 100 valence electrons. The molecule has 18 heavy (non-hydrogen) atoms. The van der Waals surface area contributed by atoms with Gasteiger partial charge in [-0.15, -0.1) is 0 Å². The number of rotatable bonds is 2. The number of aliphatic hydroxyl groups is 1. The van der Waals surface area contributed by atoms with E-state index in [1.807, 2.05) is 0 Å². The summed E-state index contributed by atoms with van der Waals surface area (Å²) >= 11 is 0. The van der Waals surface area contributed by atoms with E-state index in [-0.39, 0.29) is 5.82 Å². The first-order chi connectivity index (χ1) is 8.37. The van der Waals surface area contributed by atoms with Crippen LogP contribution >= 0.6 is 0 Å². The first-order valence-corrected chi connectivity index (χ1v) is 5.75. The van der Waals surface area contributed by atoms with Crippen LogP contribution in [0.15, 0.2) is 17.1 Å². The van der Waals surface area contributed by atoms with Gasteiger partial charge in [0.1, 0.15) is 11.9 Å². The van der Waals surface area contributed by atoms with Crippen LogP contribution in [0.1, 0.15) is 26.5 Å². The summed E-state index contributed by atoms with van der Waals surface area (Å²) in [5.74, 6) is 0.0578. The summed E-state index contributed by atoms with van der Waals surface area (Å²) in [6, 6.07) is 1.38. The topological polar surface area (TPSA) is 90.4 Å². The number of alkyl halides is 1. The molecule has 2 heterocycles. The minimum Gasteiger partial charge on any atom is -0.387 e. The molecule has 0 amide bonds. The Morgan fingerprint density at radius 1 is 1.72 bits per heavy atom. The van der Waals surface area contributed by atoms with Gasteiger partial charge in [-0.1, -0.05) is 6.92 Å². The molecule has 1 saturated heterocycles. The number of ether oxygens (including phenoxy) is 1. The maximum Gasteiger partial charge on any atom is 0.351 e. The Hall–Kier alpha value is -1.47. The minimum absolute atomic E-state index is 0.0578. The second kappa shape index (κ2) is 4.33. The molecule has 0 radical (unpaired) electrons. The van der Waals surface area contributed by atoms with Gasteiger partial charge in [0.05, 0.1) is 6.10 Å². The van der Waals surface area contributed by atoms with Crippen LogP contribution in [0.4, 0.5) is 10.2 Å². The van der Waals surface area contributed by atoms with Gasteiger partial charge in [-0.25, -0.2) is 9.18 Å². The lowest BCUT2D eigenvalue weighted by Crippen LogP contribution is -2.42. The highest BCUT2D eigenvalue weighted by Gasteiger charge is 2.54. The average molecular weight is 257 g/mol. The van der Waals surface area contributed by atoms with E-state index >= 15 is 0 Å². The maximum absolute atomic E-state index is 14.5. The summed E-state index contributed by atoms with van der Waals surface area (Å²) < 4.78 is 20.9. The fraction of sp³-hybridized carbons (Fsp3) is 0.636. The molecule has 3 N–H and O–H groups in total. The van der Waals surface area contributed by atoms with Gasteiger partial charge in [-0.3, -0.25) is 4.57 Å². The van der Waals surface area contributed by atoms with Gasteiger partial charge in [-0.05, 0) is 19.4 Å². The van der Waals surface area contributed by atoms with Crippen molar-refractivity contribution in [2.24, 2.45) is 0 Å². The summed E-state index contributed by atoms with van der Waals surface area (Å²) in [6.45, 7) is 2.98. The number of anilines is 1. The minimum atomic E-state index is -2.05. The Morgan fingerprint density at radius 2 is 2.39 bits per heavy atom. The number of nitrogen functional groups attached to an aromatic ring is 1. The first kappa shape index (κ1) is 13.0. The third-order valence-electron chi connectivity index (χ3n) is 3.22. The van der Waals surface area contributed by atoms with E-state index in [0.717, 1.165) is 4.57 Å². The monoisotopic (exact) mass is 257 g/mol. The van der Waals surface area contributed by atoms with Crippen LogP contribution in [0.5, 0.6) is 0 Å². The van der Waals surface area contributed by atoms with Crippen LogP contribution in [0.25, 0.3) is 0 Å². The molecule has 1 fully saturated rings. The second-order valence-electron chi connectivity index (χ2n) is 4.57. The van der Waals surface area contributed by atoms with Crippen LogP contribution in [0, 0.1) is 0 Å². The van der Waals surface area contributed by atoms with Crippen molar-refractivity contribution in [1.82, 2.24) is 9.55 Å². The van der Waals surface area contributed by atoms with E-state index in [9.17, 15) is 14.3 Å². The van der Waals surface area contributed by atoms with E-state index in [1.54, 1.807) is 6.92 Å². The number of nitrogens with zero attached hydrogens (tertiary/aromatic N) is 2. The molecular weight excluding hydrogens is 241 g/mol. The molecule has 0 aliphatic carbocycles. The molecule has 4 atom stereocenters. The zero-order valence-corrected chi connectivity index (χ0v) is 10.2. The van der Waals surface area contributed by atoms with Crippen LogP contribution in [0.3, 0.4) is 0 Å². The molecule has 0 bridgehead atoms. The van der Waals surface area contributed by atoms with Gasteiger partial charge in [0.25, 0.3) is 0 Å². The van der Waals surface area contributed by atoms with Crippen molar-refractivity contribution in [1.29, 1.82) is 0 Å². The van der Waals surface area contributed by atoms with E-state index in [0.29, 0.717) is 6.42 Å². The lowest BCUT2D eigenvalue weighted by Gasteiger charge is -2.24. The first-order valence-electron chi connectivity index (χ1n) is 5.75. The predicted octanol–water partition coefficient (Wildman–Crippen LogP) is 0.222. The van der Waals surface area contributed by atoms with Gasteiger partial charge < -0.3 is 15.6 Å². The van der Waals surface area contributed by atoms with Gasteiger partial charge in [0.15, 0.2) is 11.9 Å². The SMILES string of the molecule is CC[C@H]1O[C@@H](n2ccc(N)nc2=O)C(C)(F)C1O. The van der Waals surface area contributed by atoms with Gasteiger partial charge in [-0.2, -0.15) is 4.98 Å². The van der Waals surface area contributed by atoms with Crippen LogP contribution < -0.4 is 11.4 Å². The summed E-state index contributed by atoms with van der Waals surface area (Å²) in [5.41, 5.74) is 2.61. The molecule has 6 nitrogen and oxygen atoms in total. The molecule has 1 aromatic rings. The van der Waals surface area contributed by atoms with Crippen molar-refractivity contribution in [3.8, 4) is 0 Å². The number of hydrogen-bond acceptors (Lipinski definition) is 5.